The summed E-state index contributed by atoms with van der Waals surface area (Å²) in [4.78, 5) is 0. The van der Waals surface area contributed by atoms with E-state index in [1.165, 1.54) is 5.56 Å². The average Bonchev–Trinajstić information content (AvgIpc) is 2.54. The van der Waals surface area contributed by atoms with Gasteiger partial charge in [0.1, 0.15) is 5.75 Å². The van der Waals surface area contributed by atoms with Crippen molar-refractivity contribution >= 4 is 24.3 Å². The number of hydrogen-bond acceptors (Lipinski definition) is 2. The Morgan fingerprint density at radius 1 is 1.00 bits per heavy atom. The van der Waals surface area contributed by atoms with Crippen molar-refractivity contribution in [3.63, 3.8) is 0 Å². The van der Waals surface area contributed by atoms with Gasteiger partial charge in [0.05, 0.1) is 12.9 Å². The molecule has 3 heteroatoms. The monoisotopic (exact) mass is 302 g/mol. The molecule has 2 aromatic carbocycles. The number of rotatable bonds is 6. The van der Waals surface area contributed by atoms with E-state index in [2.05, 4.69) is 31.2 Å². The van der Waals surface area contributed by atoms with Gasteiger partial charge >= 0.3 is 0 Å². The van der Waals surface area contributed by atoms with E-state index in [4.69, 9.17) is 4.74 Å². The highest BCUT2D eigenvalue weighted by atomic mass is 32.2. The number of benzene rings is 2. The van der Waals surface area contributed by atoms with Gasteiger partial charge in [-0.05, 0) is 40.8 Å². The van der Waals surface area contributed by atoms with Crippen molar-refractivity contribution in [3.05, 3.63) is 64.7 Å². The summed E-state index contributed by atoms with van der Waals surface area (Å²) in [6.45, 7) is 2.13. The van der Waals surface area contributed by atoms with E-state index in [-0.39, 0.29) is 0 Å². The van der Waals surface area contributed by atoms with Crippen molar-refractivity contribution in [2.75, 3.05) is 7.11 Å². The summed E-state index contributed by atoms with van der Waals surface area (Å²) in [6.07, 6.45) is 5.11. The van der Waals surface area contributed by atoms with Crippen LogP contribution < -0.4 is 4.74 Å². The fraction of sp³-hybridized carbons (Fsp3) is 0.222. The second kappa shape index (κ2) is 7.89. The molecule has 0 atom stereocenters. The van der Waals surface area contributed by atoms with Crippen LogP contribution in [0.1, 0.15) is 29.2 Å². The molecule has 0 aliphatic carbocycles. The van der Waals surface area contributed by atoms with Crippen LogP contribution in [0.2, 0.25) is 0 Å². The van der Waals surface area contributed by atoms with Crippen molar-refractivity contribution in [1.29, 1.82) is 0 Å². The molecule has 0 amide bonds. The lowest BCUT2D eigenvalue weighted by molar-refractivity contribution is 0.414. The van der Waals surface area contributed by atoms with E-state index < -0.39 is 0 Å². The Kier molecular flexibility index (Phi) is 5.88. The van der Waals surface area contributed by atoms with Gasteiger partial charge in [0.2, 0.25) is 0 Å². The lowest BCUT2D eigenvalue weighted by Crippen LogP contribution is -1.88. The number of halogens is 1. The molecule has 0 saturated heterocycles. The zero-order valence-corrected chi connectivity index (χ0v) is 13.1. The predicted molar refractivity (Wildman–Crippen MR) is 90.1 cm³/mol. The summed E-state index contributed by atoms with van der Waals surface area (Å²) >= 11 is 0.347. The minimum absolute atomic E-state index is 0.347. The fourth-order valence-electron chi connectivity index (χ4n) is 2.08. The average molecular weight is 302 g/mol. The summed E-state index contributed by atoms with van der Waals surface area (Å²) in [5.74, 6) is 1.28. The smallest absolute Gasteiger partial charge is 0.119 e. The summed E-state index contributed by atoms with van der Waals surface area (Å²) < 4.78 is 17.5. The lowest BCUT2D eigenvalue weighted by atomic mass is 10.1. The zero-order valence-electron chi connectivity index (χ0n) is 12.3. The Balaban J connectivity index is 2.16. The molecule has 0 heterocycles. The molecule has 0 aliphatic rings. The molecule has 0 saturated carbocycles. The first-order valence-electron chi connectivity index (χ1n) is 6.93. The third-order valence-corrected chi connectivity index (χ3v) is 3.74. The SMILES string of the molecule is CCc1cc(/C=C/c2ccc(CSF)cc2)cc(OC)c1. The van der Waals surface area contributed by atoms with Crippen LogP contribution in [0.4, 0.5) is 3.89 Å². The first-order valence-corrected chi connectivity index (χ1v) is 7.82. The maximum Gasteiger partial charge on any atom is 0.119 e. The summed E-state index contributed by atoms with van der Waals surface area (Å²) in [5.41, 5.74) is 4.47. The summed E-state index contributed by atoms with van der Waals surface area (Å²) in [7, 11) is 1.68. The van der Waals surface area contributed by atoms with Crippen molar-refractivity contribution < 1.29 is 8.62 Å². The standard InChI is InChI=1S/C18H19FOS/c1-3-14-10-17(12-18(11-14)20-2)9-6-15-4-7-16(8-5-15)13-21-19/h4-12H,3,13H2,1-2H3/b9-6+. The van der Waals surface area contributed by atoms with Gasteiger partial charge in [-0.25, -0.2) is 0 Å². The van der Waals surface area contributed by atoms with Gasteiger partial charge in [-0.15, -0.1) is 0 Å². The van der Waals surface area contributed by atoms with Crippen LogP contribution in [0, 0.1) is 0 Å². The largest absolute Gasteiger partial charge is 0.497 e. The zero-order chi connectivity index (χ0) is 15.1. The predicted octanol–water partition coefficient (Wildman–Crippen LogP) is 5.55. The van der Waals surface area contributed by atoms with E-state index in [1.807, 2.05) is 30.3 Å². The molecule has 0 radical (unpaired) electrons. The molecule has 0 N–H and O–H groups in total. The van der Waals surface area contributed by atoms with Gasteiger partial charge in [-0.2, -0.15) is 3.89 Å². The minimum atomic E-state index is 0.347. The normalized spacial score (nSPS) is 11.0. The molecule has 21 heavy (non-hydrogen) atoms. The molecular weight excluding hydrogens is 283 g/mol. The highest BCUT2D eigenvalue weighted by Gasteiger charge is 1.98. The summed E-state index contributed by atoms with van der Waals surface area (Å²) in [5, 5.41) is 0. The number of hydrogen-bond donors (Lipinski definition) is 0. The van der Waals surface area contributed by atoms with E-state index in [9.17, 15) is 3.89 Å². The third-order valence-electron chi connectivity index (χ3n) is 3.30. The number of ether oxygens (including phenoxy) is 1. The molecule has 0 unspecified atom stereocenters. The molecular formula is C18H19FOS. The fourth-order valence-corrected chi connectivity index (χ4v) is 2.40. The first-order chi connectivity index (χ1) is 10.2. The molecule has 110 valence electrons. The van der Waals surface area contributed by atoms with Gasteiger partial charge < -0.3 is 4.74 Å². The van der Waals surface area contributed by atoms with Gasteiger partial charge in [0.25, 0.3) is 0 Å². The van der Waals surface area contributed by atoms with Gasteiger partial charge in [0, 0.05) is 12.1 Å². The van der Waals surface area contributed by atoms with Crippen LogP contribution in [0.5, 0.6) is 5.75 Å². The van der Waals surface area contributed by atoms with Gasteiger partial charge in [-0.3, -0.25) is 0 Å². The van der Waals surface area contributed by atoms with E-state index >= 15 is 0 Å². The second-order valence-corrected chi connectivity index (χ2v) is 5.30. The lowest BCUT2D eigenvalue weighted by Gasteiger charge is -2.05. The highest BCUT2D eigenvalue weighted by Crippen LogP contribution is 2.20. The van der Waals surface area contributed by atoms with Gasteiger partial charge in [-0.1, -0.05) is 49.4 Å². The van der Waals surface area contributed by atoms with Crippen LogP contribution in [-0.4, -0.2) is 7.11 Å². The molecule has 2 rings (SSSR count). The van der Waals surface area contributed by atoms with Crippen molar-refractivity contribution in [2.24, 2.45) is 0 Å². The minimum Gasteiger partial charge on any atom is -0.497 e. The molecule has 0 fully saturated rings. The Hall–Kier alpha value is -1.74. The van der Waals surface area contributed by atoms with Crippen molar-refractivity contribution in [2.45, 2.75) is 19.1 Å². The molecule has 2 aromatic rings. The van der Waals surface area contributed by atoms with Crippen molar-refractivity contribution in [1.82, 2.24) is 0 Å². The van der Waals surface area contributed by atoms with Crippen LogP contribution in [0.15, 0.2) is 42.5 Å². The van der Waals surface area contributed by atoms with Crippen LogP contribution in [-0.2, 0) is 12.2 Å². The Labute approximate surface area is 130 Å². The van der Waals surface area contributed by atoms with Crippen LogP contribution in [0.3, 0.4) is 0 Å². The van der Waals surface area contributed by atoms with Gasteiger partial charge in [0.15, 0.2) is 0 Å². The number of methoxy groups -OCH3 is 1. The molecule has 0 spiro atoms. The maximum atomic E-state index is 12.2. The van der Waals surface area contributed by atoms with E-state index in [0.717, 1.165) is 28.9 Å². The Bertz CT molecular complexity index is 583. The molecule has 1 nitrogen and oxygen atoms in total. The highest BCUT2D eigenvalue weighted by molar-refractivity contribution is 7.93. The Morgan fingerprint density at radius 3 is 2.33 bits per heavy atom. The first kappa shape index (κ1) is 15.6. The van der Waals surface area contributed by atoms with Crippen molar-refractivity contribution in [3.8, 4) is 5.75 Å². The molecule has 0 bridgehead atoms. The molecule has 0 aliphatic heterocycles. The van der Waals surface area contributed by atoms with Crippen LogP contribution in [0.25, 0.3) is 12.2 Å². The van der Waals surface area contributed by atoms with E-state index in [1.54, 1.807) is 7.11 Å². The second-order valence-electron chi connectivity index (χ2n) is 4.80. The molecule has 0 aromatic heterocycles. The quantitative estimate of drug-likeness (QED) is 0.647. The maximum absolute atomic E-state index is 12.2. The Morgan fingerprint density at radius 2 is 1.71 bits per heavy atom. The number of aryl methyl sites for hydroxylation is 1. The van der Waals surface area contributed by atoms with E-state index in [0.29, 0.717) is 17.9 Å². The topological polar surface area (TPSA) is 9.23 Å². The van der Waals surface area contributed by atoms with Crippen LogP contribution >= 0.6 is 12.1 Å². The summed E-state index contributed by atoms with van der Waals surface area (Å²) in [6, 6.07) is 14.1. The third kappa shape index (κ3) is 4.64.